The Balaban J connectivity index is 1.47. The first-order valence-corrected chi connectivity index (χ1v) is 10.6. The lowest BCUT2D eigenvalue weighted by Crippen LogP contribution is -2.58. The lowest BCUT2D eigenvalue weighted by atomic mass is 9.93. The summed E-state index contributed by atoms with van der Waals surface area (Å²) < 4.78 is 26.9. The van der Waals surface area contributed by atoms with Gasteiger partial charge in [0.15, 0.2) is 5.82 Å². The molecular weight excluding hydrogens is 426 g/mol. The zero-order chi connectivity index (χ0) is 22.9. The van der Waals surface area contributed by atoms with Gasteiger partial charge in [0.05, 0.1) is 11.0 Å². The summed E-state index contributed by atoms with van der Waals surface area (Å²) in [7, 11) is 0. The second-order valence-corrected chi connectivity index (χ2v) is 7.92. The molecule has 33 heavy (non-hydrogen) atoms. The monoisotopic (exact) mass is 446 g/mol. The van der Waals surface area contributed by atoms with E-state index in [0.717, 1.165) is 16.7 Å². The minimum Gasteiger partial charge on any atom is -0.353 e. The number of carbonyl (C=O) groups is 2. The molecule has 0 saturated carbocycles. The smallest absolute Gasteiger partial charge is 0.290 e. The number of piperazine rings is 1. The minimum atomic E-state index is -0.752. The van der Waals surface area contributed by atoms with Crippen LogP contribution in [0.15, 0.2) is 66.7 Å². The van der Waals surface area contributed by atoms with Gasteiger partial charge in [0.25, 0.3) is 5.91 Å². The van der Waals surface area contributed by atoms with E-state index in [4.69, 9.17) is 0 Å². The molecule has 1 aliphatic rings. The third kappa shape index (κ3) is 4.07. The van der Waals surface area contributed by atoms with Gasteiger partial charge in [0, 0.05) is 19.5 Å². The summed E-state index contributed by atoms with van der Waals surface area (Å²) in [6.45, 7) is 0.648. The lowest BCUT2D eigenvalue weighted by Gasteiger charge is -2.35. The van der Waals surface area contributed by atoms with Gasteiger partial charge in [0.1, 0.15) is 17.7 Å². The van der Waals surface area contributed by atoms with Crippen LogP contribution < -0.4 is 5.32 Å². The zero-order valence-electron chi connectivity index (χ0n) is 17.5. The highest BCUT2D eigenvalue weighted by Crippen LogP contribution is 2.27. The Morgan fingerprint density at radius 3 is 2.61 bits per heavy atom. The van der Waals surface area contributed by atoms with Crippen molar-refractivity contribution in [1.82, 2.24) is 20.2 Å². The predicted molar refractivity (Wildman–Crippen MR) is 119 cm³/mol. The molecule has 1 saturated heterocycles. The number of halogens is 2. The summed E-state index contributed by atoms with van der Waals surface area (Å²) >= 11 is 0. The molecule has 0 aliphatic carbocycles. The van der Waals surface area contributed by atoms with E-state index in [1.54, 1.807) is 12.1 Å². The normalized spacial score (nSPS) is 16.1. The van der Waals surface area contributed by atoms with Crippen LogP contribution >= 0.6 is 0 Å². The fraction of sp³-hybridized carbons (Fsp3) is 0.160. The summed E-state index contributed by atoms with van der Waals surface area (Å²) in [5.41, 5.74) is 3.43. The zero-order valence-corrected chi connectivity index (χ0v) is 17.5. The number of imidazole rings is 1. The highest BCUT2D eigenvalue weighted by atomic mass is 19.1. The number of benzene rings is 3. The number of hydrogen-bond acceptors (Lipinski definition) is 3. The maximum absolute atomic E-state index is 13.5. The van der Waals surface area contributed by atoms with Crippen molar-refractivity contribution in [2.45, 2.75) is 12.5 Å². The van der Waals surface area contributed by atoms with Crippen molar-refractivity contribution in [1.29, 1.82) is 0 Å². The molecule has 5 rings (SSSR count). The van der Waals surface area contributed by atoms with Crippen LogP contribution in [0.4, 0.5) is 8.78 Å². The first-order chi connectivity index (χ1) is 16.0. The van der Waals surface area contributed by atoms with Crippen molar-refractivity contribution in [3.05, 3.63) is 89.8 Å². The molecule has 1 aromatic heterocycles. The molecule has 2 amide bonds. The topological polar surface area (TPSA) is 78.1 Å². The first-order valence-electron chi connectivity index (χ1n) is 10.6. The Bertz CT molecular complexity index is 1350. The Kier molecular flexibility index (Phi) is 5.34. The molecule has 3 aromatic carbocycles. The van der Waals surface area contributed by atoms with Crippen molar-refractivity contribution >= 4 is 22.8 Å². The third-order valence-electron chi connectivity index (χ3n) is 5.82. The summed E-state index contributed by atoms with van der Waals surface area (Å²) in [4.78, 5) is 34.8. The summed E-state index contributed by atoms with van der Waals surface area (Å²) in [6, 6.07) is 17.0. The van der Waals surface area contributed by atoms with Gasteiger partial charge in [-0.2, -0.15) is 0 Å². The quantitative estimate of drug-likeness (QED) is 0.502. The van der Waals surface area contributed by atoms with Gasteiger partial charge in [-0.1, -0.05) is 36.4 Å². The number of hydrogen-bond donors (Lipinski definition) is 2. The van der Waals surface area contributed by atoms with Crippen LogP contribution in [0, 0.1) is 11.6 Å². The van der Waals surface area contributed by atoms with Gasteiger partial charge in [-0.05, 0) is 47.0 Å². The van der Waals surface area contributed by atoms with Crippen molar-refractivity contribution in [3.63, 3.8) is 0 Å². The number of carbonyl (C=O) groups excluding carboxylic acids is 2. The Morgan fingerprint density at radius 1 is 1.03 bits per heavy atom. The fourth-order valence-corrected chi connectivity index (χ4v) is 4.20. The lowest BCUT2D eigenvalue weighted by molar-refractivity contribution is -0.127. The maximum Gasteiger partial charge on any atom is 0.290 e. The minimum absolute atomic E-state index is 0.0575. The second-order valence-electron chi connectivity index (χ2n) is 7.92. The number of rotatable bonds is 4. The van der Waals surface area contributed by atoms with Crippen LogP contribution in [-0.2, 0) is 11.2 Å². The average molecular weight is 446 g/mol. The van der Waals surface area contributed by atoms with Crippen LogP contribution in [0.25, 0.3) is 22.2 Å². The van der Waals surface area contributed by atoms with Gasteiger partial charge < -0.3 is 15.2 Å². The third-order valence-corrected chi connectivity index (χ3v) is 5.82. The van der Waals surface area contributed by atoms with Gasteiger partial charge >= 0.3 is 0 Å². The SMILES string of the molecule is O=C1NCCN(C(=O)c2nc3ccc(F)cc3[nH]2)[C@H]1Cc1ccccc1-c1ccc(F)cc1. The largest absolute Gasteiger partial charge is 0.353 e. The van der Waals surface area contributed by atoms with E-state index >= 15 is 0 Å². The highest BCUT2D eigenvalue weighted by Gasteiger charge is 2.35. The maximum atomic E-state index is 13.5. The molecule has 0 radical (unpaired) electrons. The number of nitrogens with one attached hydrogen (secondary N) is 2. The molecule has 2 heterocycles. The fourth-order valence-electron chi connectivity index (χ4n) is 4.20. The van der Waals surface area contributed by atoms with Gasteiger partial charge in [-0.3, -0.25) is 9.59 Å². The molecule has 1 fully saturated rings. The van der Waals surface area contributed by atoms with E-state index in [1.807, 2.05) is 24.3 Å². The molecule has 0 unspecified atom stereocenters. The van der Waals surface area contributed by atoms with Crippen LogP contribution in [0.3, 0.4) is 0 Å². The van der Waals surface area contributed by atoms with E-state index < -0.39 is 17.8 Å². The number of aromatic amines is 1. The molecule has 6 nitrogen and oxygen atoms in total. The van der Waals surface area contributed by atoms with E-state index in [-0.39, 0.29) is 24.0 Å². The number of H-pyrrole nitrogens is 1. The molecule has 1 aliphatic heterocycles. The van der Waals surface area contributed by atoms with Gasteiger partial charge in [-0.15, -0.1) is 0 Å². The molecule has 4 aromatic rings. The standard InChI is InChI=1S/C25H20F2N4O2/c26-17-7-5-15(6-8-17)19-4-2-1-3-16(19)13-22-24(32)28-11-12-31(22)25(33)23-29-20-10-9-18(27)14-21(20)30-23/h1-10,14,22H,11-13H2,(H,28,32)(H,29,30)/t22-/m0/s1. The second kappa shape index (κ2) is 8.46. The molecule has 2 N–H and O–H groups in total. The van der Waals surface area contributed by atoms with Gasteiger partial charge in [0.2, 0.25) is 5.91 Å². The van der Waals surface area contributed by atoms with Crippen molar-refractivity contribution in [2.75, 3.05) is 13.1 Å². The van der Waals surface area contributed by atoms with Crippen molar-refractivity contribution < 1.29 is 18.4 Å². The Labute approximate surface area is 188 Å². The summed E-state index contributed by atoms with van der Waals surface area (Å²) in [5, 5.41) is 2.83. The van der Waals surface area contributed by atoms with E-state index in [9.17, 15) is 18.4 Å². The predicted octanol–water partition coefficient (Wildman–Crippen LogP) is 3.69. The highest BCUT2D eigenvalue weighted by molar-refractivity contribution is 5.98. The van der Waals surface area contributed by atoms with Gasteiger partial charge in [-0.25, -0.2) is 13.8 Å². The Hall–Kier alpha value is -4.07. The number of nitrogens with zero attached hydrogens (tertiary/aromatic N) is 2. The summed E-state index contributed by atoms with van der Waals surface area (Å²) in [6.07, 6.45) is 0.278. The molecule has 1 atom stereocenters. The average Bonchev–Trinajstić information content (AvgIpc) is 3.24. The van der Waals surface area contributed by atoms with Crippen molar-refractivity contribution in [3.8, 4) is 11.1 Å². The van der Waals surface area contributed by atoms with Crippen LogP contribution in [-0.4, -0.2) is 45.8 Å². The molecular formula is C25H20F2N4O2. The van der Waals surface area contributed by atoms with Crippen LogP contribution in [0.5, 0.6) is 0 Å². The summed E-state index contributed by atoms with van der Waals surface area (Å²) in [5.74, 6) is -1.39. The van der Waals surface area contributed by atoms with E-state index in [2.05, 4.69) is 15.3 Å². The van der Waals surface area contributed by atoms with Crippen LogP contribution in [0.1, 0.15) is 16.2 Å². The Morgan fingerprint density at radius 2 is 1.79 bits per heavy atom. The van der Waals surface area contributed by atoms with Crippen LogP contribution in [0.2, 0.25) is 0 Å². The number of amides is 2. The number of aromatic nitrogens is 2. The molecule has 0 spiro atoms. The molecule has 8 heteroatoms. The molecule has 0 bridgehead atoms. The first kappa shape index (κ1) is 20.8. The van der Waals surface area contributed by atoms with Crippen molar-refractivity contribution in [2.24, 2.45) is 0 Å². The van der Waals surface area contributed by atoms with E-state index in [1.165, 1.54) is 35.2 Å². The molecule has 166 valence electrons. The van der Waals surface area contributed by atoms with E-state index in [0.29, 0.717) is 24.1 Å². The number of fused-ring (bicyclic) bond motifs is 1.